The number of benzene rings is 1. The number of amides is 1. The minimum atomic E-state index is -0.514. The fraction of sp³-hybridized carbons (Fsp3) is 0.250. The van der Waals surface area contributed by atoms with Gasteiger partial charge in [-0.1, -0.05) is 49.2 Å². The SMILES string of the molecule is CC.Cc1nc(Cl)c2nc(-c3ccccc3Cl)n(CC(N)=O)c2n1. The summed E-state index contributed by atoms with van der Waals surface area (Å²) in [5, 5.41) is 0.725. The maximum absolute atomic E-state index is 11.4. The van der Waals surface area contributed by atoms with E-state index in [-0.39, 0.29) is 11.7 Å². The molecule has 1 amide bonds. The molecule has 0 aliphatic carbocycles. The van der Waals surface area contributed by atoms with Crippen molar-refractivity contribution in [3.8, 4) is 11.4 Å². The number of aromatic nitrogens is 4. The molecule has 0 spiro atoms. The molecule has 0 aliphatic heterocycles. The molecular formula is C16H17Cl2N5O. The van der Waals surface area contributed by atoms with E-state index in [1.54, 1.807) is 23.6 Å². The lowest BCUT2D eigenvalue weighted by Gasteiger charge is -2.07. The van der Waals surface area contributed by atoms with Gasteiger partial charge < -0.3 is 5.73 Å². The highest BCUT2D eigenvalue weighted by Crippen LogP contribution is 2.31. The van der Waals surface area contributed by atoms with E-state index in [1.165, 1.54) is 0 Å². The first-order valence-electron chi connectivity index (χ1n) is 7.41. The standard InChI is InChI=1S/C14H11Cl2N5O.C2H6/c1-7-18-12(16)11-14(19-7)21(6-10(17)22)13(20-11)8-4-2-3-5-9(8)15;1-2/h2-5H,6H2,1H3,(H2,17,22);1-2H3. The van der Waals surface area contributed by atoms with E-state index in [4.69, 9.17) is 28.9 Å². The predicted molar refractivity (Wildman–Crippen MR) is 96.1 cm³/mol. The van der Waals surface area contributed by atoms with Gasteiger partial charge in [-0.15, -0.1) is 0 Å². The number of rotatable bonds is 3. The molecular weight excluding hydrogens is 349 g/mol. The summed E-state index contributed by atoms with van der Waals surface area (Å²) in [4.78, 5) is 24.3. The Labute approximate surface area is 149 Å². The maximum atomic E-state index is 11.4. The molecule has 2 heterocycles. The smallest absolute Gasteiger partial charge is 0.237 e. The Balaban J connectivity index is 0.00000100. The number of aryl methyl sites for hydroxylation is 1. The molecule has 0 bridgehead atoms. The van der Waals surface area contributed by atoms with Gasteiger partial charge in [-0.2, -0.15) is 0 Å². The van der Waals surface area contributed by atoms with Gasteiger partial charge in [-0.05, 0) is 19.1 Å². The van der Waals surface area contributed by atoms with Crippen LogP contribution in [0.1, 0.15) is 19.7 Å². The van der Waals surface area contributed by atoms with Crippen molar-refractivity contribution in [2.24, 2.45) is 5.73 Å². The molecule has 6 nitrogen and oxygen atoms in total. The van der Waals surface area contributed by atoms with Gasteiger partial charge in [-0.25, -0.2) is 15.0 Å². The lowest BCUT2D eigenvalue weighted by atomic mass is 10.2. The summed E-state index contributed by atoms with van der Waals surface area (Å²) in [5.41, 5.74) is 6.86. The molecule has 0 saturated heterocycles. The molecule has 3 aromatic rings. The fourth-order valence-corrected chi connectivity index (χ4v) is 2.69. The minimum Gasteiger partial charge on any atom is -0.368 e. The molecule has 8 heteroatoms. The van der Waals surface area contributed by atoms with Crippen LogP contribution in [0.4, 0.5) is 0 Å². The van der Waals surface area contributed by atoms with Crippen molar-refractivity contribution < 1.29 is 4.79 Å². The lowest BCUT2D eigenvalue weighted by Crippen LogP contribution is -2.19. The average molecular weight is 366 g/mol. The zero-order chi connectivity index (χ0) is 17.9. The van der Waals surface area contributed by atoms with Crippen molar-refractivity contribution in [3.05, 3.63) is 40.3 Å². The predicted octanol–water partition coefficient (Wildman–Crippen LogP) is 3.62. The third kappa shape index (κ3) is 3.49. The van der Waals surface area contributed by atoms with Crippen LogP contribution in [-0.4, -0.2) is 25.4 Å². The minimum absolute atomic E-state index is 0.0795. The van der Waals surface area contributed by atoms with Gasteiger partial charge in [0.2, 0.25) is 5.91 Å². The van der Waals surface area contributed by atoms with Gasteiger partial charge in [0.25, 0.3) is 0 Å². The lowest BCUT2D eigenvalue weighted by molar-refractivity contribution is -0.118. The van der Waals surface area contributed by atoms with E-state index < -0.39 is 5.91 Å². The van der Waals surface area contributed by atoms with Crippen LogP contribution in [0.5, 0.6) is 0 Å². The summed E-state index contributed by atoms with van der Waals surface area (Å²) in [6.45, 7) is 5.63. The van der Waals surface area contributed by atoms with Crippen molar-refractivity contribution >= 4 is 40.3 Å². The molecule has 0 radical (unpaired) electrons. The molecule has 0 saturated carbocycles. The zero-order valence-electron chi connectivity index (χ0n) is 13.5. The molecule has 0 aliphatic rings. The first-order chi connectivity index (χ1) is 11.5. The van der Waals surface area contributed by atoms with E-state index in [2.05, 4.69) is 15.0 Å². The number of fused-ring (bicyclic) bond motifs is 1. The number of nitrogens with two attached hydrogens (primary N) is 1. The summed E-state index contributed by atoms with van der Waals surface area (Å²) in [7, 11) is 0. The summed E-state index contributed by atoms with van der Waals surface area (Å²) in [6.07, 6.45) is 0. The van der Waals surface area contributed by atoms with E-state index in [1.807, 2.05) is 26.0 Å². The normalized spacial score (nSPS) is 10.4. The van der Waals surface area contributed by atoms with Crippen LogP contribution in [-0.2, 0) is 11.3 Å². The molecule has 24 heavy (non-hydrogen) atoms. The molecule has 126 valence electrons. The number of imidazole rings is 1. The Morgan fingerprint density at radius 2 is 1.83 bits per heavy atom. The van der Waals surface area contributed by atoms with Crippen molar-refractivity contribution in [2.75, 3.05) is 0 Å². The van der Waals surface area contributed by atoms with Gasteiger partial charge in [0.05, 0.1) is 5.02 Å². The number of hydrogen-bond acceptors (Lipinski definition) is 4. The van der Waals surface area contributed by atoms with Crippen molar-refractivity contribution in [2.45, 2.75) is 27.3 Å². The number of carbonyl (C=O) groups is 1. The van der Waals surface area contributed by atoms with Crippen molar-refractivity contribution in [3.63, 3.8) is 0 Å². The van der Waals surface area contributed by atoms with Crippen LogP contribution in [0.25, 0.3) is 22.6 Å². The second-order valence-corrected chi connectivity index (χ2v) is 5.47. The first kappa shape index (κ1) is 18.2. The van der Waals surface area contributed by atoms with Gasteiger partial charge in [0, 0.05) is 5.56 Å². The van der Waals surface area contributed by atoms with Crippen molar-refractivity contribution in [1.29, 1.82) is 0 Å². The Morgan fingerprint density at radius 1 is 1.17 bits per heavy atom. The molecule has 1 aromatic carbocycles. The van der Waals surface area contributed by atoms with E-state index in [0.29, 0.717) is 33.4 Å². The highest BCUT2D eigenvalue weighted by molar-refractivity contribution is 6.34. The summed E-state index contributed by atoms with van der Waals surface area (Å²) in [6, 6.07) is 7.18. The third-order valence-electron chi connectivity index (χ3n) is 3.09. The van der Waals surface area contributed by atoms with Crippen LogP contribution in [0, 0.1) is 6.92 Å². The Hall–Kier alpha value is -2.18. The van der Waals surface area contributed by atoms with Crippen molar-refractivity contribution in [1.82, 2.24) is 19.5 Å². The van der Waals surface area contributed by atoms with Gasteiger partial charge in [0.15, 0.2) is 10.8 Å². The molecule has 2 aromatic heterocycles. The summed E-state index contributed by atoms with van der Waals surface area (Å²) >= 11 is 12.4. The van der Waals surface area contributed by atoms with Gasteiger partial charge in [-0.3, -0.25) is 9.36 Å². The Bertz CT molecular complexity index is 892. The van der Waals surface area contributed by atoms with Crippen LogP contribution < -0.4 is 5.73 Å². The maximum Gasteiger partial charge on any atom is 0.237 e. The monoisotopic (exact) mass is 365 g/mol. The number of halogens is 2. The largest absolute Gasteiger partial charge is 0.368 e. The highest BCUT2D eigenvalue weighted by atomic mass is 35.5. The molecule has 3 rings (SSSR count). The van der Waals surface area contributed by atoms with E-state index >= 15 is 0 Å². The highest BCUT2D eigenvalue weighted by Gasteiger charge is 2.19. The molecule has 0 unspecified atom stereocenters. The second-order valence-electron chi connectivity index (χ2n) is 4.70. The number of hydrogen-bond donors (Lipinski definition) is 1. The number of nitrogens with zero attached hydrogens (tertiary/aromatic N) is 4. The second kappa shape index (κ2) is 7.59. The Kier molecular flexibility index (Phi) is 5.75. The third-order valence-corrected chi connectivity index (χ3v) is 3.69. The fourth-order valence-electron chi connectivity index (χ4n) is 2.22. The first-order valence-corrected chi connectivity index (χ1v) is 8.16. The average Bonchev–Trinajstić information content (AvgIpc) is 2.88. The van der Waals surface area contributed by atoms with E-state index in [0.717, 1.165) is 0 Å². The van der Waals surface area contributed by atoms with Crippen LogP contribution in [0.15, 0.2) is 24.3 Å². The quantitative estimate of drug-likeness (QED) is 0.718. The topological polar surface area (TPSA) is 86.7 Å². The Morgan fingerprint density at radius 3 is 2.46 bits per heavy atom. The molecule has 0 atom stereocenters. The van der Waals surface area contributed by atoms with Crippen LogP contribution >= 0.6 is 23.2 Å². The summed E-state index contributed by atoms with van der Waals surface area (Å²) < 4.78 is 1.60. The van der Waals surface area contributed by atoms with E-state index in [9.17, 15) is 4.79 Å². The number of primary amides is 1. The number of carbonyl (C=O) groups excluding carboxylic acids is 1. The molecule has 2 N–H and O–H groups in total. The van der Waals surface area contributed by atoms with Gasteiger partial charge in [0.1, 0.15) is 23.7 Å². The van der Waals surface area contributed by atoms with Crippen LogP contribution in [0.3, 0.4) is 0 Å². The van der Waals surface area contributed by atoms with Gasteiger partial charge >= 0.3 is 0 Å². The molecule has 0 fully saturated rings. The zero-order valence-corrected chi connectivity index (χ0v) is 15.1. The van der Waals surface area contributed by atoms with Crippen LogP contribution in [0.2, 0.25) is 10.2 Å². The summed E-state index contributed by atoms with van der Waals surface area (Å²) in [5.74, 6) is 0.440.